The molecule has 0 bridgehead atoms. The van der Waals surface area contributed by atoms with E-state index >= 15 is 0 Å². The number of aromatic nitrogens is 2. The number of aliphatic hydroxyl groups excluding tert-OH is 1. The minimum Gasteiger partial charge on any atom is -0.386 e. The van der Waals surface area contributed by atoms with Gasteiger partial charge >= 0.3 is 6.03 Å². The Balaban J connectivity index is 1.48. The third-order valence-electron chi connectivity index (χ3n) is 3.41. The van der Waals surface area contributed by atoms with Gasteiger partial charge in [-0.15, -0.1) is 11.3 Å². The predicted octanol–water partition coefficient (Wildman–Crippen LogP) is 2.85. The molecule has 2 heterocycles. The van der Waals surface area contributed by atoms with E-state index in [0.29, 0.717) is 12.2 Å². The molecule has 3 rings (SSSR count). The highest BCUT2D eigenvalue weighted by Gasteiger charge is 2.11. The lowest BCUT2D eigenvalue weighted by Crippen LogP contribution is -2.32. The van der Waals surface area contributed by atoms with E-state index in [9.17, 15) is 9.90 Å². The molecule has 24 heavy (non-hydrogen) atoms. The van der Waals surface area contributed by atoms with Crippen LogP contribution in [0.2, 0.25) is 0 Å². The standard InChI is InChI=1S/C17H18N4O2S/c22-15(16-7-4-8-24-16)10-18-17(23)20-14-9-19-21(12-14)11-13-5-2-1-3-6-13/h1-9,12,15,22H,10-11H2,(H2,18,20,23)/t15-/m0/s1. The number of urea groups is 1. The van der Waals surface area contributed by atoms with Gasteiger partial charge in [0.2, 0.25) is 0 Å². The Bertz CT molecular complexity index is 771. The number of nitrogens with one attached hydrogen (secondary N) is 2. The molecule has 6 nitrogen and oxygen atoms in total. The monoisotopic (exact) mass is 342 g/mol. The summed E-state index contributed by atoms with van der Waals surface area (Å²) in [6, 6.07) is 13.3. The van der Waals surface area contributed by atoms with Crippen LogP contribution in [0, 0.1) is 0 Å². The van der Waals surface area contributed by atoms with Crippen molar-refractivity contribution >= 4 is 23.1 Å². The van der Waals surface area contributed by atoms with E-state index in [0.717, 1.165) is 10.4 Å². The number of anilines is 1. The van der Waals surface area contributed by atoms with Crippen molar-refractivity contribution in [2.75, 3.05) is 11.9 Å². The Hall–Kier alpha value is -2.64. The van der Waals surface area contributed by atoms with Crippen LogP contribution in [-0.4, -0.2) is 27.5 Å². The number of nitrogens with zero attached hydrogens (tertiary/aromatic N) is 2. The van der Waals surface area contributed by atoms with Crippen LogP contribution in [0.25, 0.3) is 0 Å². The lowest BCUT2D eigenvalue weighted by atomic mass is 10.2. The molecule has 124 valence electrons. The summed E-state index contributed by atoms with van der Waals surface area (Å²) >= 11 is 1.46. The molecule has 2 aromatic heterocycles. The summed E-state index contributed by atoms with van der Waals surface area (Å²) in [5.74, 6) is 0. The molecule has 2 amide bonds. The van der Waals surface area contributed by atoms with Crippen LogP contribution in [0.4, 0.5) is 10.5 Å². The van der Waals surface area contributed by atoms with Crippen molar-refractivity contribution in [1.29, 1.82) is 0 Å². The predicted molar refractivity (Wildman–Crippen MR) is 94.1 cm³/mol. The Morgan fingerprint density at radius 3 is 2.83 bits per heavy atom. The van der Waals surface area contributed by atoms with E-state index < -0.39 is 6.10 Å². The maximum absolute atomic E-state index is 11.9. The summed E-state index contributed by atoms with van der Waals surface area (Å²) < 4.78 is 1.76. The Morgan fingerprint density at radius 2 is 2.08 bits per heavy atom. The van der Waals surface area contributed by atoms with Gasteiger partial charge in [-0.2, -0.15) is 5.10 Å². The van der Waals surface area contributed by atoms with E-state index in [1.165, 1.54) is 11.3 Å². The molecule has 0 saturated carbocycles. The zero-order chi connectivity index (χ0) is 16.8. The molecular weight excluding hydrogens is 324 g/mol. The number of rotatable bonds is 6. The Morgan fingerprint density at radius 1 is 1.25 bits per heavy atom. The largest absolute Gasteiger partial charge is 0.386 e. The van der Waals surface area contributed by atoms with Crippen LogP contribution < -0.4 is 10.6 Å². The Labute approximate surface area is 143 Å². The van der Waals surface area contributed by atoms with E-state index in [-0.39, 0.29) is 12.6 Å². The molecule has 1 aromatic carbocycles. The normalized spacial score (nSPS) is 11.9. The van der Waals surface area contributed by atoms with Crippen molar-refractivity contribution in [3.63, 3.8) is 0 Å². The fraction of sp³-hybridized carbons (Fsp3) is 0.176. The van der Waals surface area contributed by atoms with E-state index in [1.807, 2.05) is 47.8 Å². The van der Waals surface area contributed by atoms with Gasteiger partial charge in [-0.1, -0.05) is 36.4 Å². The molecule has 0 saturated heterocycles. The van der Waals surface area contributed by atoms with Crippen LogP contribution in [0.15, 0.2) is 60.2 Å². The molecule has 0 unspecified atom stereocenters. The van der Waals surface area contributed by atoms with Gasteiger partial charge in [0.15, 0.2) is 0 Å². The van der Waals surface area contributed by atoms with Gasteiger partial charge in [-0.05, 0) is 17.0 Å². The van der Waals surface area contributed by atoms with Gasteiger partial charge in [0.1, 0.15) is 6.10 Å². The van der Waals surface area contributed by atoms with E-state index in [1.54, 1.807) is 17.1 Å². The second-order valence-corrected chi connectivity index (χ2v) is 6.26. The first-order valence-electron chi connectivity index (χ1n) is 7.53. The maximum atomic E-state index is 11.9. The SMILES string of the molecule is O=C(NC[C@H](O)c1cccs1)Nc1cnn(Cc2ccccc2)c1. The van der Waals surface area contributed by atoms with Crippen LogP contribution in [0.5, 0.6) is 0 Å². The molecule has 3 N–H and O–H groups in total. The summed E-state index contributed by atoms with van der Waals surface area (Å²) in [6.07, 6.45) is 2.66. The van der Waals surface area contributed by atoms with Crippen molar-refractivity contribution in [3.05, 3.63) is 70.7 Å². The minimum atomic E-state index is -0.698. The van der Waals surface area contributed by atoms with E-state index in [4.69, 9.17) is 0 Å². The average Bonchev–Trinajstić information content (AvgIpc) is 3.26. The molecule has 0 fully saturated rings. The molecule has 7 heteroatoms. The summed E-state index contributed by atoms with van der Waals surface area (Å²) in [5.41, 5.74) is 1.74. The lowest BCUT2D eigenvalue weighted by Gasteiger charge is -2.10. The third kappa shape index (κ3) is 4.43. The van der Waals surface area contributed by atoms with Gasteiger partial charge in [-0.25, -0.2) is 4.79 Å². The molecule has 0 aliphatic rings. The molecular formula is C17H18N4O2S. The smallest absolute Gasteiger partial charge is 0.319 e. The van der Waals surface area contributed by atoms with Crippen LogP contribution in [0.1, 0.15) is 16.5 Å². The van der Waals surface area contributed by atoms with Gasteiger partial charge in [-0.3, -0.25) is 4.68 Å². The highest BCUT2D eigenvalue weighted by atomic mass is 32.1. The molecule has 0 radical (unpaired) electrons. The number of hydrogen-bond acceptors (Lipinski definition) is 4. The maximum Gasteiger partial charge on any atom is 0.319 e. The zero-order valence-corrected chi connectivity index (χ0v) is 13.7. The van der Waals surface area contributed by atoms with Crippen LogP contribution in [0.3, 0.4) is 0 Å². The number of hydrogen-bond donors (Lipinski definition) is 3. The summed E-state index contributed by atoms with van der Waals surface area (Å²) in [6.45, 7) is 0.797. The fourth-order valence-electron chi connectivity index (χ4n) is 2.23. The van der Waals surface area contributed by atoms with Gasteiger partial charge in [0.25, 0.3) is 0 Å². The summed E-state index contributed by atoms with van der Waals surface area (Å²) in [4.78, 5) is 12.7. The molecule has 0 spiro atoms. The topological polar surface area (TPSA) is 79.2 Å². The number of benzene rings is 1. The number of thiophene rings is 1. The fourth-order valence-corrected chi connectivity index (χ4v) is 2.94. The number of aliphatic hydroxyl groups is 1. The molecule has 1 atom stereocenters. The van der Waals surface area contributed by atoms with Gasteiger partial charge < -0.3 is 15.7 Å². The van der Waals surface area contributed by atoms with Crippen molar-refractivity contribution in [3.8, 4) is 0 Å². The first kappa shape index (κ1) is 16.2. The number of carbonyl (C=O) groups is 1. The first-order valence-corrected chi connectivity index (χ1v) is 8.41. The van der Waals surface area contributed by atoms with Crippen molar-refractivity contribution in [2.45, 2.75) is 12.6 Å². The van der Waals surface area contributed by atoms with Crippen molar-refractivity contribution in [2.24, 2.45) is 0 Å². The molecule has 0 aliphatic heterocycles. The lowest BCUT2D eigenvalue weighted by molar-refractivity contribution is 0.178. The minimum absolute atomic E-state index is 0.157. The molecule has 3 aromatic rings. The first-order chi connectivity index (χ1) is 11.7. The summed E-state index contributed by atoms with van der Waals surface area (Å²) in [5, 5.41) is 21.4. The zero-order valence-electron chi connectivity index (χ0n) is 12.9. The van der Waals surface area contributed by atoms with Crippen molar-refractivity contribution < 1.29 is 9.90 Å². The van der Waals surface area contributed by atoms with Crippen LogP contribution >= 0.6 is 11.3 Å². The second-order valence-electron chi connectivity index (χ2n) is 5.28. The highest BCUT2D eigenvalue weighted by Crippen LogP contribution is 2.17. The van der Waals surface area contributed by atoms with Crippen molar-refractivity contribution in [1.82, 2.24) is 15.1 Å². The quantitative estimate of drug-likeness (QED) is 0.644. The van der Waals surface area contributed by atoms with E-state index in [2.05, 4.69) is 15.7 Å². The number of carbonyl (C=O) groups excluding carboxylic acids is 1. The highest BCUT2D eigenvalue weighted by molar-refractivity contribution is 7.10. The van der Waals surface area contributed by atoms with Gasteiger partial charge in [0, 0.05) is 11.1 Å². The third-order valence-corrected chi connectivity index (χ3v) is 4.38. The summed E-state index contributed by atoms with van der Waals surface area (Å²) in [7, 11) is 0. The van der Waals surface area contributed by atoms with Gasteiger partial charge in [0.05, 0.1) is 25.0 Å². The second kappa shape index (κ2) is 7.76. The van der Waals surface area contributed by atoms with Crippen LogP contribution in [-0.2, 0) is 6.54 Å². The molecule has 0 aliphatic carbocycles. The number of amides is 2. The average molecular weight is 342 g/mol. The Kier molecular flexibility index (Phi) is 5.25.